The van der Waals surface area contributed by atoms with Gasteiger partial charge in [-0.05, 0) is 39.0 Å². The van der Waals surface area contributed by atoms with Crippen LogP contribution in [0.5, 0.6) is 5.75 Å². The number of phenolic OH excluding ortho intramolecular Hbond substituents is 1. The first kappa shape index (κ1) is 27.1. The van der Waals surface area contributed by atoms with Crippen molar-refractivity contribution in [3.8, 4) is 17.0 Å². The average Bonchev–Trinajstić information content (AvgIpc) is 3.37. The van der Waals surface area contributed by atoms with Crippen LogP contribution in [-0.2, 0) is 9.59 Å². The largest absolute Gasteiger partial charge is 0.507 e. The van der Waals surface area contributed by atoms with Crippen LogP contribution in [0.25, 0.3) is 11.3 Å². The summed E-state index contributed by atoms with van der Waals surface area (Å²) < 4.78 is 16.5. The van der Waals surface area contributed by atoms with Gasteiger partial charge in [0.05, 0.1) is 28.0 Å². The topological polar surface area (TPSA) is 107 Å². The Balaban J connectivity index is 1.96. The Kier molecular flexibility index (Phi) is 7.96. The lowest BCUT2D eigenvalue weighted by Crippen LogP contribution is -2.53. The maximum Gasteiger partial charge on any atom is 0.221 e. The van der Waals surface area contributed by atoms with E-state index in [-0.39, 0.29) is 39.9 Å². The molecule has 1 unspecified atom stereocenters. The highest BCUT2D eigenvalue weighted by atomic mass is 35.5. The van der Waals surface area contributed by atoms with E-state index in [9.17, 15) is 19.1 Å². The first-order chi connectivity index (χ1) is 18.2. The van der Waals surface area contributed by atoms with Crippen LogP contribution in [0.15, 0.2) is 41.5 Å². The molecular formula is C26H29ClFN7O3. The van der Waals surface area contributed by atoms with Crippen LogP contribution in [0.3, 0.4) is 0 Å². The normalized spacial score (nSPS) is 16.2. The van der Waals surface area contributed by atoms with Gasteiger partial charge in [0, 0.05) is 44.8 Å². The van der Waals surface area contributed by atoms with Gasteiger partial charge in [-0.15, -0.1) is 0 Å². The van der Waals surface area contributed by atoms with E-state index in [1.54, 1.807) is 35.0 Å². The summed E-state index contributed by atoms with van der Waals surface area (Å²) >= 11 is 6.66. The SMILES string of the molecule is C/N=C(\c1cc(Cl)c(-c2c(O)cccc2F)nc1N(C=O)c1ccnn1C(C)C)N1CCN(C=O)CC1C. The van der Waals surface area contributed by atoms with E-state index in [2.05, 4.69) is 15.1 Å². The molecule has 2 amide bonds. The molecule has 0 aliphatic carbocycles. The van der Waals surface area contributed by atoms with Crippen molar-refractivity contribution in [2.75, 3.05) is 31.6 Å². The molecule has 0 spiro atoms. The van der Waals surface area contributed by atoms with E-state index < -0.39 is 5.82 Å². The van der Waals surface area contributed by atoms with Crippen molar-refractivity contribution in [3.05, 3.63) is 52.9 Å². The van der Waals surface area contributed by atoms with E-state index in [0.29, 0.717) is 43.3 Å². The van der Waals surface area contributed by atoms with Gasteiger partial charge in [-0.2, -0.15) is 5.10 Å². The molecule has 3 heterocycles. The van der Waals surface area contributed by atoms with Crippen molar-refractivity contribution in [1.29, 1.82) is 0 Å². The number of pyridine rings is 1. The second kappa shape index (κ2) is 11.2. The monoisotopic (exact) mass is 541 g/mol. The second-order valence-corrected chi connectivity index (χ2v) is 9.62. The minimum absolute atomic E-state index is 0.0299. The molecule has 1 saturated heterocycles. The van der Waals surface area contributed by atoms with Gasteiger partial charge in [-0.3, -0.25) is 19.5 Å². The van der Waals surface area contributed by atoms with Gasteiger partial charge < -0.3 is 14.9 Å². The van der Waals surface area contributed by atoms with Crippen molar-refractivity contribution in [1.82, 2.24) is 24.6 Å². The van der Waals surface area contributed by atoms with Crippen LogP contribution < -0.4 is 4.90 Å². The first-order valence-electron chi connectivity index (χ1n) is 12.1. The fourth-order valence-electron chi connectivity index (χ4n) is 4.66. The number of amidine groups is 1. The number of rotatable bonds is 7. The molecule has 200 valence electrons. The molecule has 1 aliphatic rings. The number of piperazine rings is 1. The Bertz CT molecular complexity index is 1360. The molecule has 0 radical (unpaired) electrons. The first-order valence-corrected chi connectivity index (χ1v) is 12.5. The zero-order valence-corrected chi connectivity index (χ0v) is 22.3. The van der Waals surface area contributed by atoms with Crippen molar-refractivity contribution in [2.24, 2.45) is 4.99 Å². The number of aromatic nitrogens is 3. The summed E-state index contributed by atoms with van der Waals surface area (Å²) in [7, 11) is 1.62. The number of nitrogens with zero attached hydrogens (tertiary/aromatic N) is 7. The molecule has 0 bridgehead atoms. The van der Waals surface area contributed by atoms with Gasteiger partial charge in [-0.1, -0.05) is 17.7 Å². The molecule has 12 heteroatoms. The number of aromatic hydroxyl groups is 1. The number of hydrogen-bond donors (Lipinski definition) is 1. The van der Waals surface area contributed by atoms with Crippen molar-refractivity contribution in [3.63, 3.8) is 0 Å². The van der Waals surface area contributed by atoms with Gasteiger partial charge in [0.2, 0.25) is 12.8 Å². The van der Waals surface area contributed by atoms with Crippen molar-refractivity contribution < 1.29 is 19.1 Å². The number of carbonyl (C=O) groups excluding carboxylic acids is 2. The second-order valence-electron chi connectivity index (χ2n) is 9.22. The van der Waals surface area contributed by atoms with Crippen LogP contribution in [0.2, 0.25) is 5.02 Å². The summed E-state index contributed by atoms with van der Waals surface area (Å²) in [5.41, 5.74) is 0.210. The lowest BCUT2D eigenvalue weighted by molar-refractivity contribution is -0.120. The van der Waals surface area contributed by atoms with E-state index in [1.165, 1.54) is 23.1 Å². The van der Waals surface area contributed by atoms with Crippen LogP contribution in [0, 0.1) is 5.82 Å². The van der Waals surface area contributed by atoms with Crippen molar-refractivity contribution >= 4 is 41.9 Å². The number of phenols is 1. The lowest BCUT2D eigenvalue weighted by Gasteiger charge is -2.40. The summed E-state index contributed by atoms with van der Waals surface area (Å²) in [6, 6.07) is 6.96. The molecule has 10 nitrogen and oxygen atoms in total. The maximum absolute atomic E-state index is 14.9. The molecule has 1 aromatic carbocycles. The summed E-state index contributed by atoms with van der Waals surface area (Å²) in [6.45, 7) is 7.27. The van der Waals surface area contributed by atoms with E-state index in [1.807, 2.05) is 25.7 Å². The fraction of sp³-hybridized carbons (Fsp3) is 0.346. The number of carbonyl (C=O) groups is 2. The van der Waals surface area contributed by atoms with E-state index in [0.717, 1.165) is 6.41 Å². The lowest BCUT2D eigenvalue weighted by atomic mass is 10.1. The van der Waals surface area contributed by atoms with Crippen LogP contribution >= 0.6 is 11.6 Å². The van der Waals surface area contributed by atoms with Gasteiger partial charge in [0.1, 0.15) is 23.2 Å². The summed E-state index contributed by atoms with van der Waals surface area (Å²) in [4.78, 5) is 38.1. The van der Waals surface area contributed by atoms with Gasteiger partial charge in [0.25, 0.3) is 0 Å². The Morgan fingerprint density at radius 3 is 2.66 bits per heavy atom. The summed E-state index contributed by atoms with van der Waals surface area (Å²) in [5, 5.41) is 14.9. The maximum atomic E-state index is 14.9. The molecule has 1 aliphatic heterocycles. The number of amides is 2. The Morgan fingerprint density at radius 1 is 1.29 bits per heavy atom. The number of hydrogen-bond acceptors (Lipinski definition) is 6. The van der Waals surface area contributed by atoms with Gasteiger partial charge in [0.15, 0.2) is 5.82 Å². The number of anilines is 2. The summed E-state index contributed by atoms with van der Waals surface area (Å²) in [5.74, 6) is 0.00951. The highest BCUT2D eigenvalue weighted by Crippen LogP contribution is 2.39. The Labute approximate surface area is 225 Å². The van der Waals surface area contributed by atoms with E-state index in [4.69, 9.17) is 11.6 Å². The fourth-order valence-corrected chi connectivity index (χ4v) is 4.90. The average molecular weight is 542 g/mol. The molecule has 1 fully saturated rings. The molecule has 38 heavy (non-hydrogen) atoms. The van der Waals surface area contributed by atoms with Crippen molar-refractivity contribution in [2.45, 2.75) is 32.9 Å². The quantitative estimate of drug-likeness (QED) is 0.276. The third-order valence-corrected chi connectivity index (χ3v) is 6.72. The smallest absolute Gasteiger partial charge is 0.221 e. The Morgan fingerprint density at radius 2 is 2.05 bits per heavy atom. The summed E-state index contributed by atoms with van der Waals surface area (Å²) in [6.07, 6.45) is 2.99. The van der Waals surface area contributed by atoms with Crippen LogP contribution in [-0.4, -0.2) is 81.1 Å². The molecule has 3 aromatic rings. The van der Waals surface area contributed by atoms with Gasteiger partial charge >= 0.3 is 0 Å². The zero-order chi connectivity index (χ0) is 27.6. The van der Waals surface area contributed by atoms with Crippen LogP contribution in [0.4, 0.5) is 16.0 Å². The molecule has 2 aromatic heterocycles. The third kappa shape index (κ3) is 4.93. The Hall–Kier alpha value is -3.99. The molecule has 1 atom stereocenters. The third-order valence-electron chi connectivity index (χ3n) is 6.44. The zero-order valence-electron chi connectivity index (χ0n) is 21.5. The number of benzene rings is 1. The number of aliphatic imine (C=N–C) groups is 1. The highest BCUT2D eigenvalue weighted by Gasteiger charge is 2.31. The van der Waals surface area contributed by atoms with Crippen LogP contribution in [0.1, 0.15) is 32.4 Å². The molecule has 0 saturated carbocycles. The standard InChI is InChI=1S/C26H29ClFN7O3/c1-16(2)35-22(8-9-30-35)34(15-37)26-18(25(29-4)33-11-10-32(14-36)13-17(33)3)12-19(27)24(31-26)23-20(28)6-5-7-21(23)38/h5-9,12,14-17,38H,10-11,13H2,1-4H3/b29-25+. The molecule has 4 rings (SSSR count). The predicted molar refractivity (Wildman–Crippen MR) is 143 cm³/mol. The number of halogens is 2. The molecular weight excluding hydrogens is 513 g/mol. The highest BCUT2D eigenvalue weighted by molar-refractivity contribution is 6.33. The minimum atomic E-state index is -0.717. The minimum Gasteiger partial charge on any atom is -0.507 e. The molecule has 1 N–H and O–H groups in total. The predicted octanol–water partition coefficient (Wildman–Crippen LogP) is 3.86. The van der Waals surface area contributed by atoms with E-state index >= 15 is 0 Å². The van der Waals surface area contributed by atoms with Gasteiger partial charge in [-0.25, -0.2) is 14.1 Å².